The summed E-state index contributed by atoms with van der Waals surface area (Å²) in [6, 6.07) is 20.8. The minimum absolute atomic E-state index is 0.203. The zero-order valence-corrected chi connectivity index (χ0v) is 13.3. The monoisotopic (exact) mass is 326 g/mol. The Balaban J connectivity index is 1.99. The van der Waals surface area contributed by atoms with Crippen LogP contribution in [0.5, 0.6) is 0 Å². The number of carbonyl (C=O) groups excluding carboxylic acids is 1. The van der Waals surface area contributed by atoms with E-state index in [4.69, 9.17) is 10.7 Å². The maximum Gasteiger partial charge on any atom is 0.221 e. The molecule has 0 spiro atoms. The molecule has 0 saturated heterocycles. The van der Waals surface area contributed by atoms with Crippen molar-refractivity contribution >= 4 is 23.3 Å². The number of nitrogens with two attached hydrogens (primary N) is 1. The third-order valence-electron chi connectivity index (χ3n) is 3.97. The van der Waals surface area contributed by atoms with Gasteiger partial charge in [-0.1, -0.05) is 54.6 Å². The van der Waals surface area contributed by atoms with Crippen molar-refractivity contribution in [3.05, 3.63) is 72.3 Å². The molecule has 0 saturated carbocycles. The highest BCUT2D eigenvalue weighted by molar-refractivity contribution is 5.93. The van der Waals surface area contributed by atoms with Crippen molar-refractivity contribution in [2.75, 3.05) is 5.73 Å². The van der Waals surface area contributed by atoms with Crippen molar-refractivity contribution in [3.63, 3.8) is 0 Å². The van der Waals surface area contributed by atoms with Crippen molar-refractivity contribution < 1.29 is 4.79 Å². The van der Waals surface area contributed by atoms with Gasteiger partial charge in [-0.3, -0.25) is 4.79 Å². The fourth-order valence-corrected chi connectivity index (χ4v) is 2.81. The predicted molar refractivity (Wildman–Crippen MR) is 98.0 cm³/mol. The van der Waals surface area contributed by atoms with E-state index >= 15 is 0 Å². The van der Waals surface area contributed by atoms with Crippen LogP contribution in [0.2, 0.25) is 0 Å². The molecule has 2 aromatic heterocycles. The average molecular weight is 326 g/mol. The lowest BCUT2D eigenvalue weighted by Gasteiger charge is -2.09. The molecule has 0 bridgehead atoms. The normalized spacial score (nSPS) is 10.7. The first-order valence-electron chi connectivity index (χ1n) is 7.80. The molecule has 4 aromatic rings. The summed E-state index contributed by atoms with van der Waals surface area (Å²) in [5, 5.41) is 0. The molecule has 25 heavy (non-hydrogen) atoms. The van der Waals surface area contributed by atoms with Crippen molar-refractivity contribution in [3.8, 4) is 22.5 Å². The highest BCUT2D eigenvalue weighted by Crippen LogP contribution is 2.28. The topological polar surface area (TPSA) is 81.8 Å². The second kappa shape index (κ2) is 6.13. The van der Waals surface area contributed by atoms with Gasteiger partial charge in [0.05, 0.1) is 11.2 Å². The molecule has 2 N–H and O–H groups in total. The van der Waals surface area contributed by atoms with Crippen LogP contribution < -0.4 is 5.73 Å². The van der Waals surface area contributed by atoms with Crippen molar-refractivity contribution in [2.45, 2.75) is 0 Å². The van der Waals surface area contributed by atoms with Crippen molar-refractivity contribution in [1.82, 2.24) is 15.0 Å². The Morgan fingerprint density at radius 3 is 2.36 bits per heavy atom. The van der Waals surface area contributed by atoms with Crippen LogP contribution in [0.3, 0.4) is 0 Å². The quantitative estimate of drug-likeness (QED) is 0.580. The van der Waals surface area contributed by atoms with Crippen LogP contribution in [0, 0.1) is 0 Å². The Bertz CT molecular complexity index is 1080. The van der Waals surface area contributed by atoms with Crippen LogP contribution in [0.1, 0.15) is 10.4 Å². The molecule has 0 aliphatic carbocycles. The van der Waals surface area contributed by atoms with Gasteiger partial charge in [-0.05, 0) is 12.1 Å². The van der Waals surface area contributed by atoms with Gasteiger partial charge in [0, 0.05) is 16.7 Å². The standard InChI is InChI=1S/C20H14N4O/c21-20-23-17-11-10-16(15-9-5-4-8-14(15)12-25)22-19(17)18(24-20)13-6-2-1-3-7-13/h1-12H,(H2,21,23,24). The summed E-state index contributed by atoms with van der Waals surface area (Å²) in [5.41, 5.74) is 10.8. The van der Waals surface area contributed by atoms with E-state index in [0.717, 1.165) is 17.4 Å². The fraction of sp³-hybridized carbons (Fsp3) is 0. The third kappa shape index (κ3) is 2.72. The number of hydrogen-bond acceptors (Lipinski definition) is 5. The van der Waals surface area contributed by atoms with Crippen LogP contribution in [0.25, 0.3) is 33.5 Å². The third-order valence-corrected chi connectivity index (χ3v) is 3.97. The highest BCUT2D eigenvalue weighted by Gasteiger charge is 2.13. The van der Waals surface area contributed by atoms with Gasteiger partial charge in [0.2, 0.25) is 5.95 Å². The molecule has 4 rings (SSSR count). The molecule has 0 unspecified atom stereocenters. The molecule has 0 amide bonds. The molecule has 0 aliphatic heterocycles. The van der Waals surface area contributed by atoms with Crippen molar-refractivity contribution in [1.29, 1.82) is 0 Å². The van der Waals surface area contributed by atoms with Crippen LogP contribution >= 0.6 is 0 Å². The van der Waals surface area contributed by atoms with Crippen LogP contribution in [0.15, 0.2) is 66.7 Å². The summed E-state index contributed by atoms with van der Waals surface area (Å²) in [5.74, 6) is 0.203. The number of anilines is 1. The molecule has 0 fully saturated rings. The van der Waals surface area contributed by atoms with Gasteiger partial charge in [0.1, 0.15) is 11.2 Å². The summed E-state index contributed by atoms with van der Waals surface area (Å²) >= 11 is 0. The molecule has 5 heteroatoms. The lowest BCUT2D eigenvalue weighted by atomic mass is 10.0. The summed E-state index contributed by atoms with van der Waals surface area (Å²) in [6.45, 7) is 0. The SMILES string of the molecule is Nc1nc(-c2ccccc2)c2nc(-c3ccccc3C=O)ccc2n1. The number of nitrogens with zero attached hydrogens (tertiary/aromatic N) is 3. The van der Waals surface area contributed by atoms with Gasteiger partial charge >= 0.3 is 0 Å². The van der Waals surface area contributed by atoms with Gasteiger partial charge in [0.15, 0.2) is 6.29 Å². The zero-order chi connectivity index (χ0) is 17.2. The first-order chi connectivity index (χ1) is 12.3. The Labute approximate surface area is 144 Å². The molecule has 2 aromatic carbocycles. The number of nitrogen functional groups attached to an aromatic ring is 1. The number of rotatable bonds is 3. The zero-order valence-electron chi connectivity index (χ0n) is 13.3. The van der Waals surface area contributed by atoms with E-state index in [1.807, 2.05) is 60.7 Å². The minimum atomic E-state index is 0.203. The van der Waals surface area contributed by atoms with Crippen LogP contribution in [-0.4, -0.2) is 21.2 Å². The van der Waals surface area contributed by atoms with Crippen molar-refractivity contribution in [2.24, 2.45) is 0 Å². The number of carbonyl (C=O) groups is 1. The summed E-state index contributed by atoms with van der Waals surface area (Å²) in [4.78, 5) is 24.7. The first-order valence-corrected chi connectivity index (χ1v) is 7.80. The van der Waals surface area contributed by atoms with E-state index in [0.29, 0.717) is 28.0 Å². The number of benzene rings is 2. The Morgan fingerprint density at radius 2 is 1.56 bits per heavy atom. The first kappa shape index (κ1) is 15.0. The number of fused-ring (bicyclic) bond motifs is 1. The van der Waals surface area contributed by atoms with Gasteiger partial charge in [-0.15, -0.1) is 0 Å². The predicted octanol–water partition coefficient (Wildman–Crippen LogP) is 3.75. The molecule has 0 atom stereocenters. The largest absolute Gasteiger partial charge is 0.368 e. The molecule has 0 radical (unpaired) electrons. The van der Waals surface area contributed by atoms with Gasteiger partial charge in [-0.25, -0.2) is 15.0 Å². The second-order valence-electron chi connectivity index (χ2n) is 5.57. The fourth-order valence-electron chi connectivity index (χ4n) is 2.81. The molecule has 0 aliphatic rings. The van der Waals surface area contributed by atoms with E-state index in [2.05, 4.69) is 9.97 Å². The number of pyridine rings is 1. The maximum absolute atomic E-state index is 11.3. The Hall–Kier alpha value is -3.60. The second-order valence-corrected chi connectivity index (χ2v) is 5.57. The number of aromatic nitrogens is 3. The highest BCUT2D eigenvalue weighted by atomic mass is 16.1. The lowest BCUT2D eigenvalue weighted by molar-refractivity contribution is 0.112. The van der Waals surface area contributed by atoms with Crippen LogP contribution in [0.4, 0.5) is 5.95 Å². The average Bonchev–Trinajstić information content (AvgIpc) is 2.67. The molecular weight excluding hydrogens is 312 g/mol. The molecule has 2 heterocycles. The summed E-state index contributed by atoms with van der Waals surface area (Å²) in [6.07, 6.45) is 0.832. The van der Waals surface area contributed by atoms with Gasteiger partial charge < -0.3 is 5.73 Å². The van der Waals surface area contributed by atoms with Gasteiger partial charge in [0.25, 0.3) is 0 Å². The Kier molecular flexibility index (Phi) is 3.67. The molecule has 5 nitrogen and oxygen atoms in total. The number of aldehydes is 1. The van der Waals surface area contributed by atoms with E-state index in [1.165, 1.54) is 0 Å². The van der Waals surface area contributed by atoms with Crippen LogP contribution in [-0.2, 0) is 0 Å². The number of hydrogen-bond donors (Lipinski definition) is 1. The molecular formula is C20H14N4O. The maximum atomic E-state index is 11.3. The van der Waals surface area contributed by atoms with E-state index in [-0.39, 0.29) is 5.95 Å². The summed E-state index contributed by atoms with van der Waals surface area (Å²) < 4.78 is 0. The van der Waals surface area contributed by atoms with E-state index in [9.17, 15) is 4.79 Å². The lowest BCUT2D eigenvalue weighted by Crippen LogP contribution is -2.00. The molecule has 120 valence electrons. The van der Waals surface area contributed by atoms with Gasteiger partial charge in [-0.2, -0.15) is 0 Å². The van der Waals surface area contributed by atoms with E-state index < -0.39 is 0 Å². The smallest absolute Gasteiger partial charge is 0.221 e. The Morgan fingerprint density at radius 1 is 0.800 bits per heavy atom. The van der Waals surface area contributed by atoms with E-state index in [1.54, 1.807) is 6.07 Å². The summed E-state index contributed by atoms with van der Waals surface area (Å²) in [7, 11) is 0. The minimum Gasteiger partial charge on any atom is -0.368 e.